The number of benzene rings is 1. The summed E-state index contributed by atoms with van der Waals surface area (Å²) in [7, 11) is 0. The second kappa shape index (κ2) is 4.67. The van der Waals surface area contributed by atoms with Gasteiger partial charge >= 0.3 is 0 Å². The molecule has 0 saturated heterocycles. The van der Waals surface area contributed by atoms with Crippen LogP contribution in [0.5, 0.6) is 5.75 Å². The van der Waals surface area contributed by atoms with Crippen molar-refractivity contribution in [2.45, 2.75) is 44.2 Å². The van der Waals surface area contributed by atoms with Crippen LogP contribution >= 0.6 is 0 Å². The largest absolute Gasteiger partial charge is 0.488 e. The number of ether oxygens (including phenoxy) is 1. The van der Waals surface area contributed by atoms with Gasteiger partial charge in [-0.2, -0.15) is 0 Å². The van der Waals surface area contributed by atoms with E-state index in [-0.39, 0.29) is 6.10 Å². The highest BCUT2D eigenvalue weighted by Crippen LogP contribution is 2.35. The van der Waals surface area contributed by atoms with Gasteiger partial charge in [-0.1, -0.05) is 31.0 Å². The Kier molecular flexibility index (Phi) is 3.04. The van der Waals surface area contributed by atoms with Crippen molar-refractivity contribution in [1.29, 1.82) is 0 Å². The summed E-state index contributed by atoms with van der Waals surface area (Å²) in [6, 6.07) is 8.60. The zero-order valence-electron chi connectivity index (χ0n) is 10.1. The molecule has 1 saturated carbocycles. The minimum Gasteiger partial charge on any atom is -0.488 e. The van der Waals surface area contributed by atoms with Crippen molar-refractivity contribution in [3.8, 4) is 5.75 Å². The molecule has 3 N–H and O–H groups in total. The highest BCUT2D eigenvalue weighted by atomic mass is 16.5. The molecule has 17 heavy (non-hydrogen) atoms. The summed E-state index contributed by atoms with van der Waals surface area (Å²) in [5.74, 6) is 7.45. The van der Waals surface area contributed by atoms with E-state index in [2.05, 4.69) is 23.6 Å². The molecule has 3 rings (SSSR count). The Morgan fingerprint density at radius 1 is 1.24 bits per heavy atom. The van der Waals surface area contributed by atoms with E-state index in [1.54, 1.807) is 0 Å². The lowest BCUT2D eigenvalue weighted by Gasteiger charge is -2.27. The van der Waals surface area contributed by atoms with Crippen molar-refractivity contribution in [3.05, 3.63) is 29.8 Å². The molecule has 0 bridgehead atoms. The van der Waals surface area contributed by atoms with Crippen molar-refractivity contribution in [3.63, 3.8) is 0 Å². The fourth-order valence-electron chi connectivity index (χ4n) is 3.27. The van der Waals surface area contributed by atoms with Crippen molar-refractivity contribution in [2.75, 3.05) is 0 Å². The first kappa shape index (κ1) is 11.1. The van der Waals surface area contributed by atoms with Gasteiger partial charge in [-0.25, -0.2) is 0 Å². The third kappa shape index (κ3) is 2.05. The summed E-state index contributed by atoms with van der Waals surface area (Å²) in [4.78, 5) is 0. The molecule has 1 aromatic carbocycles. The van der Waals surface area contributed by atoms with Crippen molar-refractivity contribution in [1.82, 2.24) is 5.43 Å². The van der Waals surface area contributed by atoms with Gasteiger partial charge < -0.3 is 4.74 Å². The maximum atomic E-state index is 6.03. The number of hydrogen-bond donors (Lipinski definition) is 2. The molecule has 0 amide bonds. The van der Waals surface area contributed by atoms with Crippen LogP contribution in [0, 0.1) is 5.92 Å². The van der Waals surface area contributed by atoms with E-state index < -0.39 is 0 Å². The highest BCUT2D eigenvalue weighted by molar-refractivity contribution is 5.37. The predicted octanol–water partition coefficient (Wildman–Crippen LogP) is 2.01. The average molecular weight is 232 g/mol. The lowest BCUT2D eigenvalue weighted by molar-refractivity contribution is 0.141. The molecular weight excluding hydrogens is 212 g/mol. The molecule has 0 spiro atoms. The SMILES string of the molecule is NNC(C1CCCC1)C1Cc2ccccc2O1. The van der Waals surface area contributed by atoms with Crippen LogP contribution in [0.1, 0.15) is 31.2 Å². The fraction of sp³-hybridized carbons (Fsp3) is 0.571. The lowest BCUT2D eigenvalue weighted by atomic mass is 9.92. The van der Waals surface area contributed by atoms with E-state index >= 15 is 0 Å². The van der Waals surface area contributed by atoms with E-state index in [4.69, 9.17) is 10.6 Å². The first-order chi connectivity index (χ1) is 8.38. The summed E-state index contributed by atoms with van der Waals surface area (Å²) in [6.07, 6.45) is 6.43. The Bertz CT molecular complexity index is 363. The molecule has 1 aliphatic heterocycles. The molecule has 1 aromatic rings. The predicted molar refractivity (Wildman–Crippen MR) is 67.6 cm³/mol. The topological polar surface area (TPSA) is 47.3 Å². The minimum atomic E-state index is 0.209. The maximum absolute atomic E-state index is 6.03. The number of nitrogens with one attached hydrogen (secondary N) is 1. The van der Waals surface area contributed by atoms with Gasteiger partial charge in [0.15, 0.2) is 0 Å². The van der Waals surface area contributed by atoms with Crippen LogP contribution < -0.4 is 16.0 Å². The first-order valence-electron chi connectivity index (χ1n) is 6.59. The molecular formula is C14H20N2O. The summed E-state index contributed by atoms with van der Waals surface area (Å²) >= 11 is 0. The monoisotopic (exact) mass is 232 g/mol. The second-order valence-electron chi connectivity index (χ2n) is 5.21. The van der Waals surface area contributed by atoms with Crippen LogP contribution in [0.2, 0.25) is 0 Å². The number of para-hydroxylation sites is 1. The van der Waals surface area contributed by atoms with Crippen LogP contribution in [-0.2, 0) is 6.42 Å². The first-order valence-corrected chi connectivity index (χ1v) is 6.59. The van der Waals surface area contributed by atoms with Crippen LogP contribution in [0.15, 0.2) is 24.3 Å². The van der Waals surface area contributed by atoms with Crippen molar-refractivity contribution < 1.29 is 4.74 Å². The van der Waals surface area contributed by atoms with Crippen molar-refractivity contribution in [2.24, 2.45) is 11.8 Å². The van der Waals surface area contributed by atoms with Crippen LogP contribution in [-0.4, -0.2) is 12.1 Å². The molecule has 92 valence electrons. The molecule has 1 aliphatic carbocycles. The summed E-state index contributed by atoms with van der Waals surface area (Å²) in [6.45, 7) is 0. The van der Waals surface area contributed by atoms with Crippen LogP contribution in [0.3, 0.4) is 0 Å². The number of fused-ring (bicyclic) bond motifs is 1. The zero-order chi connectivity index (χ0) is 11.7. The van der Waals surface area contributed by atoms with Gasteiger partial charge in [0, 0.05) is 6.42 Å². The third-order valence-electron chi connectivity index (χ3n) is 4.17. The number of hydrogen-bond acceptors (Lipinski definition) is 3. The molecule has 3 nitrogen and oxygen atoms in total. The number of rotatable bonds is 3. The minimum absolute atomic E-state index is 0.209. The average Bonchev–Trinajstić information content (AvgIpc) is 2.98. The molecule has 0 aromatic heterocycles. The van der Waals surface area contributed by atoms with Gasteiger partial charge in [0.2, 0.25) is 0 Å². The second-order valence-corrected chi connectivity index (χ2v) is 5.21. The van der Waals surface area contributed by atoms with E-state index in [1.807, 2.05) is 6.07 Å². The molecule has 0 radical (unpaired) electrons. The lowest BCUT2D eigenvalue weighted by Crippen LogP contribution is -2.50. The summed E-state index contributed by atoms with van der Waals surface area (Å²) < 4.78 is 6.03. The van der Waals surface area contributed by atoms with Gasteiger partial charge in [-0.3, -0.25) is 11.3 Å². The van der Waals surface area contributed by atoms with Crippen LogP contribution in [0.25, 0.3) is 0 Å². The van der Waals surface area contributed by atoms with Crippen molar-refractivity contribution >= 4 is 0 Å². The van der Waals surface area contributed by atoms with Crippen LogP contribution in [0.4, 0.5) is 0 Å². The molecule has 2 aliphatic rings. The van der Waals surface area contributed by atoms with E-state index in [1.165, 1.54) is 31.2 Å². The van der Waals surface area contributed by atoms with E-state index in [0.29, 0.717) is 12.0 Å². The number of hydrazine groups is 1. The van der Waals surface area contributed by atoms with E-state index in [9.17, 15) is 0 Å². The van der Waals surface area contributed by atoms with E-state index in [0.717, 1.165) is 12.2 Å². The Hall–Kier alpha value is -1.06. The Morgan fingerprint density at radius 3 is 2.71 bits per heavy atom. The summed E-state index contributed by atoms with van der Waals surface area (Å²) in [5.41, 5.74) is 4.31. The Balaban J connectivity index is 1.73. The Labute approximate surface area is 102 Å². The summed E-state index contributed by atoms with van der Waals surface area (Å²) in [5, 5.41) is 0. The molecule has 2 atom stereocenters. The molecule has 2 unspecified atom stereocenters. The molecule has 1 heterocycles. The van der Waals surface area contributed by atoms with Gasteiger partial charge in [0.05, 0.1) is 6.04 Å². The van der Waals surface area contributed by atoms with Gasteiger partial charge in [-0.15, -0.1) is 0 Å². The third-order valence-corrected chi connectivity index (χ3v) is 4.17. The zero-order valence-corrected chi connectivity index (χ0v) is 10.1. The fourth-order valence-corrected chi connectivity index (χ4v) is 3.27. The molecule has 1 fully saturated rings. The highest BCUT2D eigenvalue weighted by Gasteiger charge is 2.35. The normalized spacial score (nSPS) is 25.6. The standard InChI is InChI=1S/C14H20N2O/c15-16-14(10-5-1-2-6-10)13-9-11-7-3-4-8-12(11)17-13/h3-4,7-8,10,13-14,16H,1-2,5-6,9,15H2. The Morgan fingerprint density at radius 2 is 2.00 bits per heavy atom. The van der Waals surface area contributed by atoms with Gasteiger partial charge in [0.1, 0.15) is 11.9 Å². The quantitative estimate of drug-likeness (QED) is 0.619. The number of nitrogens with two attached hydrogens (primary N) is 1. The maximum Gasteiger partial charge on any atom is 0.123 e. The smallest absolute Gasteiger partial charge is 0.123 e. The molecule has 3 heteroatoms. The van der Waals surface area contributed by atoms with Gasteiger partial charge in [0.25, 0.3) is 0 Å². The van der Waals surface area contributed by atoms with Gasteiger partial charge in [-0.05, 0) is 30.4 Å².